The highest BCUT2D eigenvalue weighted by atomic mass is 16.5. The molecule has 1 heterocycles. The molecule has 4 rings (SSSR count). The van der Waals surface area contributed by atoms with Gasteiger partial charge >= 0.3 is 0 Å². The lowest BCUT2D eigenvalue weighted by Gasteiger charge is -2.17. The highest BCUT2D eigenvalue weighted by molar-refractivity contribution is 6.03. The summed E-state index contributed by atoms with van der Waals surface area (Å²) in [5, 5.41) is 2.87. The second-order valence-corrected chi connectivity index (χ2v) is 7.03. The van der Waals surface area contributed by atoms with Gasteiger partial charge in [0.25, 0.3) is 0 Å². The molecule has 1 aliphatic rings. The number of carbonyl (C=O) groups excluding carboxylic acids is 2. The van der Waals surface area contributed by atoms with Gasteiger partial charge in [0.05, 0.1) is 13.0 Å². The number of anilines is 2. The van der Waals surface area contributed by atoms with E-state index >= 15 is 0 Å². The average Bonchev–Trinajstić information content (AvgIpc) is 3.17. The minimum atomic E-state index is -0.403. The molecule has 0 aromatic heterocycles. The van der Waals surface area contributed by atoms with Crippen molar-refractivity contribution in [2.75, 3.05) is 23.9 Å². The van der Waals surface area contributed by atoms with Gasteiger partial charge in [-0.2, -0.15) is 0 Å². The summed E-state index contributed by atoms with van der Waals surface area (Å²) in [6, 6.07) is 23.9. The maximum atomic E-state index is 12.6. The largest absolute Gasteiger partial charge is 0.497 e. The van der Waals surface area contributed by atoms with E-state index < -0.39 is 5.92 Å². The van der Waals surface area contributed by atoms with E-state index in [1.165, 1.54) is 0 Å². The number of nitrogens with zero attached hydrogens (tertiary/aromatic N) is 1. The molecule has 2 amide bonds. The fourth-order valence-electron chi connectivity index (χ4n) is 3.37. The van der Waals surface area contributed by atoms with Crippen LogP contribution in [0.4, 0.5) is 11.4 Å². The molecule has 0 unspecified atom stereocenters. The summed E-state index contributed by atoms with van der Waals surface area (Å²) >= 11 is 0. The van der Waals surface area contributed by atoms with Crippen LogP contribution in [0.5, 0.6) is 17.2 Å². The molecule has 152 valence electrons. The van der Waals surface area contributed by atoms with Crippen LogP contribution in [0.15, 0.2) is 78.9 Å². The summed E-state index contributed by atoms with van der Waals surface area (Å²) in [5.74, 6) is 1.51. The summed E-state index contributed by atoms with van der Waals surface area (Å²) in [6.07, 6.45) is 0.185. The predicted molar refractivity (Wildman–Crippen MR) is 115 cm³/mol. The Bertz CT molecular complexity index is 1020. The first-order valence-corrected chi connectivity index (χ1v) is 9.70. The zero-order valence-electron chi connectivity index (χ0n) is 16.6. The Morgan fingerprint density at radius 1 is 0.900 bits per heavy atom. The van der Waals surface area contributed by atoms with Crippen LogP contribution in [0.3, 0.4) is 0 Å². The summed E-state index contributed by atoms with van der Waals surface area (Å²) in [7, 11) is 1.59. The Hall–Kier alpha value is -3.80. The van der Waals surface area contributed by atoms with Gasteiger partial charge in [-0.3, -0.25) is 9.59 Å². The minimum absolute atomic E-state index is 0.0680. The lowest BCUT2D eigenvalue weighted by Crippen LogP contribution is -2.28. The van der Waals surface area contributed by atoms with Crippen molar-refractivity contribution < 1.29 is 19.1 Å². The first-order chi connectivity index (χ1) is 14.6. The van der Waals surface area contributed by atoms with Gasteiger partial charge in [-0.1, -0.05) is 18.2 Å². The lowest BCUT2D eigenvalue weighted by molar-refractivity contribution is -0.122. The Kier molecular flexibility index (Phi) is 5.66. The SMILES string of the molecule is COc1ccc(NC(=O)[C@@H]2CC(=O)N(c3ccc(Oc4ccccc4)cc3)C2)cc1. The predicted octanol–water partition coefficient (Wildman–Crippen LogP) is 4.48. The molecule has 0 bridgehead atoms. The fourth-order valence-corrected chi connectivity index (χ4v) is 3.37. The Morgan fingerprint density at radius 2 is 1.53 bits per heavy atom. The molecule has 1 atom stereocenters. The van der Waals surface area contributed by atoms with E-state index in [2.05, 4.69) is 5.32 Å². The van der Waals surface area contributed by atoms with E-state index in [4.69, 9.17) is 9.47 Å². The number of para-hydroxylation sites is 1. The van der Waals surface area contributed by atoms with Crippen molar-refractivity contribution in [1.29, 1.82) is 0 Å². The van der Waals surface area contributed by atoms with Crippen LogP contribution >= 0.6 is 0 Å². The quantitative estimate of drug-likeness (QED) is 0.660. The van der Waals surface area contributed by atoms with Crippen molar-refractivity contribution in [2.45, 2.75) is 6.42 Å². The van der Waals surface area contributed by atoms with Crippen LogP contribution in [0, 0.1) is 5.92 Å². The molecule has 1 N–H and O–H groups in total. The number of ether oxygens (including phenoxy) is 2. The van der Waals surface area contributed by atoms with E-state index in [0.29, 0.717) is 18.0 Å². The van der Waals surface area contributed by atoms with E-state index in [1.807, 2.05) is 54.6 Å². The molecule has 0 radical (unpaired) electrons. The number of methoxy groups -OCH3 is 1. The number of benzene rings is 3. The third-order valence-corrected chi connectivity index (χ3v) is 4.98. The molecule has 30 heavy (non-hydrogen) atoms. The number of hydrogen-bond acceptors (Lipinski definition) is 4. The van der Waals surface area contributed by atoms with Crippen LogP contribution in [0.2, 0.25) is 0 Å². The number of nitrogens with one attached hydrogen (secondary N) is 1. The van der Waals surface area contributed by atoms with Crippen LogP contribution in [0.1, 0.15) is 6.42 Å². The summed E-state index contributed by atoms with van der Waals surface area (Å²) in [4.78, 5) is 26.8. The number of carbonyl (C=O) groups is 2. The first-order valence-electron chi connectivity index (χ1n) is 9.70. The van der Waals surface area contributed by atoms with Gasteiger partial charge < -0.3 is 19.7 Å². The number of rotatable bonds is 6. The monoisotopic (exact) mass is 402 g/mol. The molecular weight excluding hydrogens is 380 g/mol. The lowest BCUT2D eigenvalue weighted by atomic mass is 10.1. The summed E-state index contributed by atoms with van der Waals surface area (Å²) in [5.41, 5.74) is 1.43. The van der Waals surface area contributed by atoms with Crippen LogP contribution in [-0.2, 0) is 9.59 Å². The summed E-state index contributed by atoms with van der Waals surface area (Å²) < 4.78 is 10.9. The van der Waals surface area contributed by atoms with Crippen LogP contribution < -0.4 is 19.7 Å². The normalized spacial score (nSPS) is 15.7. The van der Waals surface area contributed by atoms with E-state index in [-0.39, 0.29) is 18.2 Å². The minimum Gasteiger partial charge on any atom is -0.497 e. The van der Waals surface area contributed by atoms with Crippen molar-refractivity contribution in [3.05, 3.63) is 78.9 Å². The molecule has 1 aliphatic heterocycles. The van der Waals surface area contributed by atoms with Gasteiger partial charge in [0.1, 0.15) is 17.2 Å². The van der Waals surface area contributed by atoms with Gasteiger partial charge in [0.2, 0.25) is 11.8 Å². The van der Waals surface area contributed by atoms with Crippen molar-refractivity contribution in [2.24, 2.45) is 5.92 Å². The second kappa shape index (κ2) is 8.69. The molecule has 1 fully saturated rings. The van der Waals surface area contributed by atoms with Crippen molar-refractivity contribution in [3.8, 4) is 17.2 Å². The third-order valence-electron chi connectivity index (χ3n) is 4.98. The molecule has 6 heteroatoms. The molecule has 3 aromatic rings. The molecule has 6 nitrogen and oxygen atoms in total. The fraction of sp³-hybridized carbons (Fsp3) is 0.167. The molecule has 0 spiro atoms. The Morgan fingerprint density at radius 3 is 2.20 bits per heavy atom. The maximum absolute atomic E-state index is 12.6. The van der Waals surface area contributed by atoms with Gasteiger partial charge in [0.15, 0.2) is 0 Å². The summed E-state index contributed by atoms with van der Waals surface area (Å²) in [6.45, 7) is 0.347. The Balaban J connectivity index is 1.38. The van der Waals surface area contributed by atoms with Gasteiger partial charge in [-0.25, -0.2) is 0 Å². The van der Waals surface area contributed by atoms with E-state index in [9.17, 15) is 9.59 Å². The van der Waals surface area contributed by atoms with Gasteiger partial charge in [-0.05, 0) is 60.7 Å². The third kappa shape index (κ3) is 4.43. The van der Waals surface area contributed by atoms with Crippen molar-refractivity contribution in [1.82, 2.24) is 0 Å². The van der Waals surface area contributed by atoms with Gasteiger partial charge in [0, 0.05) is 24.3 Å². The van der Waals surface area contributed by atoms with E-state index in [0.717, 1.165) is 17.2 Å². The second-order valence-electron chi connectivity index (χ2n) is 7.03. The van der Waals surface area contributed by atoms with Crippen LogP contribution in [-0.4, -0.2) is 25.5 Å². The average molecular weight is 402 g/mol. The van der Waals surface area contributed by atoms with Gasteiger partial charge in [-0.15, -0.1) is 0 Å². The Labute approximate surface area is 175 Å². The molecule has 0 aliphatic carbocycles. The number of amides is 2. The molecular formula is C24H22N2O4. The van der Waals surface area contributed by atoms with E-state index in [1.54, 1.807) is 36.3 Å². The van der Waals surface area contributed by atoms with Crippen molar-refractivity contribution in [3.63, 3.8) is 0 Å². The standard InChI is InChI=1S/C24H22N2O4/c1-29-20-11-7-18(8-12-20)25-24(28)17-15-23(27)26(16-17)19-9-13-22(14-10-19)30-21-5-3-2-4-6-21/h2-14,17H,15-16H2,1H3,(H,25,28)/t17-/m1/s1. The molecule has 1 saturated heterocycles. The number of hydrogen-bond donors (Lipinski definition) is 1. The zero-order chi connectivity index (χ0) is 20.9. The first kappa shape index (κ1) is 19.5. The highest BCUT2D eigenvalue weighted by Crippen LogP contribution is 2.29. The maximum Gasteiger partial charge on any atom is 0.229 e. The smallest absolute Gasteiger partial charge is 0.229 e. The topological polar surface area (TPSA) is 67.9 Å². The van der Waals surface area contributed by atoms with Crippen molar-refractivity contribution >= 4 is 23.2 Å². The molecule has 3 aromatic carbocycles. The highest BCUT2D eigenvalue weighted by Gasteiger charge is 2.35. The molecule has 0 saturated carbocycles. The zero-order valence-corrected chi connectivity index (χ0v) is 16.6. The van der Waals surface area contributed by atoms with Crippen LogP contribution in [0.25, 0.3) is 0 Å².